The van der Waals surface area contributed by atoms with E-state index in [2.05, 4.69) is 6.58 Å². The van der Waals surface area contributed by atoms with E-state index in [1.165, 1.54) is 0 Å². The van der Waals surface area contributed by atoms with E-state index >= 15 is 0 Å². The maximum absolute atomic E-state index is 10.7. The molecule has 1 N–H and O–H groups in total. The molecule has 86 valence electrons. The highest BCUT2D eigenvalue weighted by Crippen LogP contribution is 2.19. The van der Waals surface area contributed by atoms with Crippen molar-refractivity contribution in [1.29, 1.82) is 0 Å². The third-order valence-electron chi connectivity index (χ3n) is 2.10. The molecule has 0 heterocycles. The highest BCUT2D eigenvalue weighted by molar-refractivity contribution is 6.30. The Balaban J connectivity index is 2.81. The van der Waals surface area contributed by atoms with Crippen LogP contribution >= 0.6 is 11.6 Å². The maximum Gasteiger partial charge on any atom is 0.323 e. The second-order valence-electron chi connectivity index (χ2n) is 3.37. The minimum absolute atomic E-state index is 0.0335. The molecule has 0 aliphatic rings. The molecular weight excluding hydrogens is 226 g/mol. The van der Waals surface area contributed by atoms with Gasteiger partial charge in [-0.3, -0.25) is 4.79 Å². The molecule has 0 bridgehead atoms. The number of anilines is 1. The van der Waals surface area contributed by atoms with Crippen LogP contribution in [0.1, 0.15) is 6.42 Å². The van der Waals surface area contributed by atoms with Crippen molar-refractivity contribution in [3.8, 4) is 0 Å². The zero-order valence-electron chi connectivity index (χ0n) is 8.90. The molecule has 0 aromatic heterocycles. The van der Waals surface area contributed by atoms with E-state index < -0.39 is 5.97 Å². The summed E-state index contributed by atoms with van der Waals surface area (Å²) in [5.41, 5.74) is 0.816. The fraction of sp³-hybridized carbons (Fsp3) is 0.250. The molecule has 16 heavy (non-hydrogen) atoms. The SMILES string of the molecule is C=CCCN(CC(=O)O)c1cccc(Cl)c1. The highest BCUT2D eigenvalue weighted by Gasteiger charge is 2.09. The topological polar surface area (TPSA) is 40.5 Å². The molecule has 0 amide bonds. The molecule has 0 unspecified atom stereocenters. The van der Waals surface area contributed by atoms with Gasteiger partial charge in [-0.1, -0.05) is 23.7 Å². The standard InChI is InChI=1S/C12H14ClNO2/c1-2-3-7-14(9-12(15)16)11-6-4-5-10(13)8-11/h2,4-6,8H,1,3,7,9H2,(H,15,16). The van der Waals surface area contributed by atoms with Crippen molar-refractivity contribution in [2.24, 2.45) is 0 Å². The van der Waals surface area contributed by atoms with Crippen molar-refractivity contribution in [3.05, 3.63) is 41.9 Å². The molecule has 0 spiro atoms. The van der Waals surface area contributed by atoms with E-state index in [0.29, 0.717) is 11.6 Å². The first-order valence-electron chi connectivity index (χ1n) is 4.96. The quantitative estimate of drug-likeness (QED) is 0.776. The first kappa shape index (κ1) is 12.6. The molecular formula is C12H14ClNO2. The average Bonchev–Trinajstić information content (AvgIpc) is 2.23. The van der Waals surface area contributed by atoms with E-state index in [9.17, 15) is 4.79 Å². The van der Waals surface area contributed by atoms with Crippen molar-refractivity contribution in [1.82, 2.24) is 0 Å². The summed E-state index contributed by atoms with van der Waals surface area (Å²) in [4.78, 5) is 12.5. The zero-order chi connectivity index (χ0) is 12.0. The van der Waals surface area contributed by atoms with Gasteiger partial charge in [-0.25, -0.2) is 0 Å². The summed E-state index contributed by atoms with van der Waals surface area (Å²) >= 11 is 5.87. The van der Waals surface area contributed by atoms with Gasteiger partial charge in [0.15, 0.2) is 0 Å². The lowest BCUT2D eigenvalue weighted by Gasteiger charge is -2.22. The van der Waals surface area contributed by atoms with Gasteiger partial charge in [0, 0.05) is 17.3 Å². The van der Waals surface area contributed by atoms with Gasteiger partial charge < -0.3 is 10.0 Å². The molecule has 0 saturated heterocycles. The Bertz CT molecular complexity index is 379. The first-order chi connectivity index (χ1) is 7.63. The molecule has 0 saturated carbocycles. The largest absolute Gasteiger partial charge is 0.480 e. The summed E-state index contributed by atoms with van der Waals surface area (Å²) in [6, 6.07) is 7.17. The van der Waals surface area contributed by atoms with Gasteiger partial charge in [-0.05, 0) is 24.6 Å². The Hall–Kier alpha value is -1.48. The van der Waals surface area contributed by atoms with Crippen LogP contribution < -0.4 is 4.90 Å². The van der Waals surface area contributed by atoms with E-state index in [1.807, 2.05) is 6.07 Å². The van der Waals surface area contributed by atoms with Crippen molar-refractivity contribution in [3.63, 3.8) is 0 Å². The van der Waals surface area contributed by atoms with Crippen molar-refractivity contribution >= 4 is 23.3 Å². The highest BCUT2D eigenvalue weighted by atomic mass is 35.5. The number of benzene rings is 1. The van der Waals surface area contributed by atoms with Gasteiger partial charge in [-0.15, -0.1) is 6.58 Å². The van der Waals surface area contributed by atoms with Gasteiger partial charge >= 0.3 is 5.97 Å². The number of nitrogens with zero attached hydrogens (tertiary/aromatic N) is 1. The Morgan fingerprint density at radius 1 is 1.56 bits per heavy atom. The predicted octanol–water partition coefficient (Wildman–Crippen LogP) is 2.81. The Morgan fingerprint density at radius 3 is 2.88 bits per heavy atom. The lowest BCUT2D eigenvalue weighted by molar-refractivity contribution is -0.135. The van der Waals surface area contributed by atoms with Crippen LogP contribution in [0.4, 0.5) is 5.69 Å². The molecule has 1 rings (SSSR count). The summed E-state index contributed by atoms with van der Waals surface area (Å²) in [5, 5.41) is 9.42. The molecule has 1 aromatic rings. The second-order valence-corrected chi connectivity index (χ2v) is 3.81. The molecule has 0 aliphatic heterocycles. The van der Waals surface area contributed by atoms with E-state index in [-0.39, 0.29) is 6.54 Å². The molecule has 4 heteroatoms. The smallest absolute Gasteiger partial charge is 0.323 e. The van der Waals surface area contributed by atoms with Crippen LogP contribution in [0.25, 0.3) is 0 Å². The number of hydrogen-bond donors (Lipinski definition) is 1. The van der Waals surface area contributed by atoms with Crippen LogP contribution in [0, 0.1) is 0 Å². The Kier molecular flexibility index (Phi) is 4.86. The van der Waals surface area contributed by atoms with Crippen molar-refractivity contribution in [2.45, 2.75) is 6.42 Å². The molecule has 0 radical (unpaired) electrons. The summed E-state index contributed by atoms with van der Waals surface area (Å²) < 4.78 is 0. The average molecular weight is 240 g/mol. The lowest BCUT2D eigenvalue weighted by Crippen LogP contribution is -2.30. The second kappa shape index (κ2) is 6.18. The van der Waals surface area contributed by atoms with Gasteiger partial charge in [0.05, 0.1) is 0 Å². The lowest BCUT2D eigenvalue weighted by atomic mass is 10.2. The minimum atomic E-state index is -0.857. The number of halogens is 1. The van der Waals surface area contributed by atoms with Crippen LogP contribution in [0.15, 0.2) is 36.9 Å². The molecule has 0 aliphatic carbocycles. The number of rotatable bonds is 6. The van der Waals surface area contributed by atoms with Gasteiger partial charge in [0.2, 0.25) is 0 Å². The van der Waals surface area contributed by atoms with E-state index in [0.717, 1.165) is 12.1 Å². The Labute approximate surface area is 100.0 Å². The molecule has 1 aromatic carbocycles. The maximum atomic E-state index is 10.7. The predicted molar refractivity (Wildman–Crippen MR) is 66.1 cm³/mol. The minimum Gasteiger partial charge on any atom is -0.480 e. The molecule has 0 fully saturated rings. The number of aliphatic carboxylic acids is 1. The van der Waals surface area contributed by atoms with E-state index in [4.69, 9.17) is 16.7 Å². The molecule has 3 nitrogen and oxygen atoms in total. The Morgan fingerprint density at radius 2 is 2.31 bits per heavy atom. The van der Waals surface area contributed by atoms with Crippen molar-refractivity contribution < 1.29 is 9.90 Å². The van der Waals surface area contributed by atoms with Gasteiger partial charge in [-0.2, -0.15) is 0 Å². The summed E-state index contributed by atoms with van der Waals surface area (Å²) in [6.45, 7) is 4.21. The third kappa shape index (κ3) is 3.95. The van der Waals surface area contributed by atoms with Crippen LogP contribution in [0.3, 0.4) is 0 Å². The van der Waals surface area contributed by atoms with Crippen molar-refractivity contribution in [2.75, 3.05) is 18.0 Å². The number of hydrogen-bond acceptors (Lipinski definition) is 2. The van der Waals surface area contributed by atoms with Crippen LogP contribution in [-0.4, -0.2) is 24.2 Å². The van der Waals surface area contributed by atoms with Crippen LogP contribution in [0.2, 0.25) is 5.02 Å². The molecule has 0 atom stereocenters. The van der Waals surface area contributed by atoms with Crippen LogP contribution in [-0.2, 0) is 4.79 Å². The van der Waals surface area contributed by atoms with E-state index in [1.54, 1.807) is 29.2 Å². The number of carboxylic acids is 1. The monoisotopic (exact) mass is 239 g/mol. The van der Waals surface area contributed by atoms with Crippen LogP contribution in [0.5, 0.6) is 0 Å². The first-order valence-corrected chi connectivity index (χ1v) is 5.34. The summed E-state index contributed by atoms with van der Waals surface area (Å²) in [5.74, 6) is -0.857. The van der Waals surface area contributed by atoms with Gasteiger partial charge in [0.1, 0.15) is 6.54 Å². The fourth-order valence-corrected chi connectivity index (χ4v) is 1.57. The fourth-order valence-electron chi connectivity index (χ4n) is 1.38. The number of carboxylic acid groups (broad SMARTS) is 1. The van der Waals surface area contributed by atoms with Gasteiger partial charge in [0.25, 0.3) is 0 Å². The summed E-state index contributed by atoms with van der Waals surface area (Å²) in [7, 11) is 0. The normalized spacial score (nSPS) is 9.81. The zero-order valence-corrected chi connectivity index (χ0v) is 9.65. The number of carbonyl (C=O) groups is 1. The summed E-state index contributed by atoms with van der Waals surface area (Å²) in [6.07, 6.45) is 2.50. The third-order valence-corrected chi connectivity index (χ3v) is 2.34.